The number of aromatic nitrogens is 2. The first kappa shape index (κ1) is 18.5. The Morgan fingerprint density at radius 3 is 2.04 bits per heavy atom. The van der Waals surface area contributed by atoms with Crippen molar-refractivity contribution in [1.82, 2.24) is 9.55 Å². The van der Waals surface area contributed by atoms with Gasteiger partial charge in [-0.05, 0) is 48.1 Å². The summed E-state index contributed by atoms with van der Waals surface area (Å²) in [5, 5.41) is 0. The van der Waals surface area contributed by atoms with Crippen molar-refractivity contribution in [3.05, 3.63) is 83.4 Å². The van der Waals surface area contributed by atoms with Crippen LogP contribution in [-0.4, -0.2) is 9.55 Å². The van der Waals surface area contributed by atoms with Crippen LogP contribution in [0, 0.1) is 6.92 Å². The van der Waals surface area contributed by atoms with E-state index in [0.29, 0.717) is 11.8 Å². The summed E-state index contributed by atoms with van der Waals surface area (Å²) in [5.74, 6) is 1.88. The van der Waals surface area contributed by atoms with E-state index in [1.807, 2.05) is 0 Å². The highest BCUT2D eigenvalue weighted by Gasteiger charge is 2.21. The Hall–Kier alpha value is -2.87. The zero-order chi connectivity index (χ0) is 19.8. The molecule has 0 unspecified atom stereocenters. The summed E-state index contributed by atoms with van der Waals surface area (Å²) in [6, 6.07) is 23.8. The molecule has 0 atom stereocenters. The van der Waals surface area contributed by atoms with Crippen LogP contribution in [0.25, 0.3) is 28.1 Å². The van der Waals surface area contributed by atoms with Gasteiger partial charge in [-0.3, -0.25) is 4.57 Å². The van der Waals surface area contributed by atoms with Gasteiger partial charge >= 0.3 is 0 Å². The van der Waals surface area contributed by atoms with E-state index in [2.05, 4.69) is 106 Å². The van der Waals surface area contributed by atoms with Crippen LogP contribution in [0.4, 0.5) is 0 Å². The van der Waals surface area contributed by atoms with Crippen LogP contribution in [0.15, 0.2) is 66.7 Å². The number of imidazole rings is 1. The molecule has 0 fully saturated rings. The van der Waals surface area contributed by atoms with Crippen LogP contribution in [0.1, 0.15) is 56.2 Å². The van der Waals surface area contributed by atoms with Crippen molar-refractivity contribution in [3.63, 3.8) is 0 Å². The van der Waals surface area contributed by atoms with E-state index < -0.39 is 0 Å². The smallest absolute Gasteiger partial charge is 0.145 e. The van der Waals surface area contributed by atoms with Gasteiger partial charge in [0.1, 0.15) is 5.82 Å². The number of hydrogen-bond acceptors (Lipinski definition) is 1. The van der Waals surface area contributed by atoms with Gasteiger partial charge in [-0.25, -0.2) is 4.98 Å². The first-order valence-corrected chi connectivity index (χ1v) is 10.1. The lowest BCUT2D eigenvalue weighted by atomic mass is 9.92. The van der Waals surface area contributed by atoms with Gasteiger partial charge in [0.2, 0.25) is 0 Å². The Balaban J connectivity index is 2.14. The standard InChI is InChI=1S/C26H28N2/c1-17(2)21-12-9-13-22(18(3)4)25(21)28-24-15-7-6-14-23(24)27-26(28)20-11-8-10-19(5)16-20/h6-18H,1-5H3. The summed E-state index contributed by atoms with van der Waals surface area (Å²) in [6.07, 6.45) is 0. The van der Waals surface area contributed by atoms with Crippen molar-refractivity contribution >= 4 is 11.0 Å². The lowest BCUT2D eigenvalue weighted by Gasteiger charge is -2.22. The maximum atomic E-state index is 5.06. The van der Waals surface area contributed by atoms with Crippen molar-refractivity contribution in [2.75, 3.05) is 0 Å². The summed E-state index contributed by atoms with van der Waals surface area (Å²) >= 11 is 0. The molecule has 0 bridgehead atoms. The lowest BCUT2D eigenvalue weighted by molar-refractivity contribution is 0.811. The SMILES string of the molecule is Cc1cccc(-c2nc3ccccc3n2-c2c(C(C)C)cccc2C(C)C)c1. The molecule has 28 heavy (non-hydrogen) atoms. The average molecular weight is 369 g/mol. The molecule has 0 saturated carbocycles. The minimum atomic E-state index is 0.431. The van der Waals surface area contributed by atoms with E-state index in [4.69, 9.17) is 4.98 Å². The fraction of sp³-hybridized carbons (Fsp3) is 0.269. The number of para-hydroxylation sites is 3. The van der Waals surface area contributed by atoms with Crippen LogP contribution < -0.4 is 0 Å². The van der Waals surface area contributed by atoms with Crippen molar-refractivity contribution < 1.29 is 0 Å². The highest BCUT2D eigenvalue weighted by molar-refractivity contribution is 5.84. The van der Waals surface area contributed by atoms with E-state index in [1.165, 1.54) is 22.4 Å². The number of benzene rings is 3. The third kappa shape index (κ3) is 3.13. The molecule has 4 rings (SSSR count). The first-order valence-electron chi connectivity index (χ1n) is 10.1. The highest BCUT2D eigenvalue weighted by atomic mass is 15.1. The number of hydrogen-bond donors (Lipinski definition) is 0. The molecule has 3 aromatic carbocycles. The molecule has 0 radical (unpaired) electrons. The molecule has 0 aliphatic rings. The maximum absolute atomic E-state index is 5.06. The van der Waals surface area contributed by atoms with E-state index in [1.54, 1.807) is 0 Å². The summed E-state index contributed by atoms with van der Waals surface area (Å²) < 4.78 is 2.38. The van der Waals surface area contributed by atoms with Gasteiger partial charge in [0, 0.05) is 5.56 Å². The monoisotopic (exact) mass is 368 g/mol. The van der Waals surface area contributed by atoms with Gasteiger partial charge < -0.3 is 0 Å². The molecule has 0 spiro atoms. The van der Waals surface area contributed by atoms with Crippen LogP contribution in [0.5, 0.6) is 0 Å². The van der Waals surface area contributed by atoms with Crippen molar-refractivity contribution in [2.24, 2.45) is 0 Å². The Morgan fingerprint density at radius 1 is 0.750 bits per heavy atom. The van der Waals surface area contributed by atoms with E-state index in [-0.39, 0.29) is 0 Å². The third-order valence-corrected chi connectivity index (χ3v) is 5.40. The third-order valence-electron chi connectivity index (χ3n) is 5.40. The predicted octanol–water partition coefficient (Wildman–Crippen LogP) is 7.25. The Labute approximate surface area is 167 Å². The summed E-state index contributed by atoms with van der Waals surface area (Å²) in [4.78, 5) is 5.06. The molecule has 2 heteroatoms. The van der Waals surface area contributed by atoms with Gasteiger partial charge in [-0.1, -0.05) is 81.8 Å². The minimum absolute atomic E-state index is 0.431. The topological polar surface area (TPSA) is 17.8 Å². The van der Waals surface area contributed by atoms with Crippen LogP contribution in [0.3, 0.4) is 0 Å². The van der Waals surface area contributed by atoms with Gasteiger partial charge in [0.15, 0.2) is 0 Å². The van der Waals surface area contributed by atoms with Crippen molar-refractivity contribution in [1.29, 1.82) is 0 Å². The molecule has 2 nitrogen and oxygen atoms in total. The zero-order valence-corrected chi connectivity index (χ0v) is 17.4. The minimum Gasteiger partial charge on any atom is -0.292 e. The second kappa shape index (κ2) is 7.27. The number of nitrogens with zero attached hydrogens (tertiary/aromatic N) is 2. The highest BCUT2D eigenvalue weighted by Crippen LogP contribution is 2.37. The number of rotatable bonds is 4. The summed E-state index contributed by atoms with van der Waals surface area (Å²) in [6.45, 7) is 11.2. The molecule has 0 N–H and O–H groups in total. The number of aryl methyl sites for hydroxylation is 1. The van der Waals surface area contributed by atoms with Gasteiger partial charge in [0.05, 0.1) is 16.7 Å². The quantitative estimate of drug-likeness (QED) is 0.371. The lowest BCUT2D eigenvalue weighted by Crippen LogP contribution is -2.08. The van der Waals surface area contributed by atoms with E-state index in [9.17, 15) is 0 Å². The van der Waals surface area contributed by atoms with Crippen LogP contribution in [0.2, 0.25) is 0 Å². The van der Waals surface area contributed by atoms with Gasteiger partial charge in [-0.2, -0.15) is 0 Å². The molecule has 0 amide bonds. The second-order valence-electron chi connectivity index (χ2n) is 8.22. The largest absolute Gasteiger partial charge is 0.292 e. The Morgan fingerprint density at radius 2 is 1.39 bits per heavy atom. The Bertz CT molecular complexity index is 1110. The molecule has 1 aromatic heterocycles. The van der Waals surface area contributed by atoms with Gasteiger partial charge in [0.25, 0.3) is 0 Å². The normalized spacial score (nSPS) is 11.7. The summed E-state index contributed by atoms with van der Waals surface area (Å²) in [5.41, 5.74) is 8.62. The van der Waals surface area contributed by atoms with E-state index in [0.717, 1.165) is 22.4 Å². The second-order valence-corrected chi connectivity index (χ2v) is 8.22. The van der Waals surface area contributed by atoms with Crippen LogP contribution in [-0.2, 0) is 0 Å². The molecule has 0 aliphatic carbocycles. The fourth-order valence-electron chi connectivity index (χ4n) is 4.00. The predicted molar refractivity (Wildman–Crippen MR) is 119 cm³/mol. The molecule has 1 heterocycles. The molecular formula is C26H28N2. The molecule has 142 valence electrons. The zero-order valence-electron chi connectivity index (χ0n) is 17.4. The molecule has 4 aromatic rings. The van der Waals surface area contributed by atoms with Crippen LogP contribution >= 0.6 is 0 Å². The molecule has 0 aliphatic heterocycles. The summed E-state index contributed by atoms with van der Waals surface area (Å²) in [7, 11) is 0. The first-order chi connectivity index (χ1) is 13.5. The fourth-order valence-corrected chi connectivity index (χ4v) is 4.00. The van der Waals surface area contributed by atoms with Crippen molar-refractivity contribution in [3.8, 4) is 17.1 Å². The average Bonchev–Trinajstić information content (AvgIpc) is 3.06. The van der Waals surface area contributed by atoms with E-state index >= 15 is 0 Å². The molecule has 0 saturated heterocycles. The maximum Gasteiger partial charge on any atom is 0.145 e. The Kier molecular flexibility index (Phi) is 4.80. The number of fused-ring (bicyclic) bond motifs is 1. The molecular weight excluding hydrogens is 340 g/mol. The van der Waals surface area contributed by atoms with Gasteiger partial charge in [-0.15, -0.1) is 0 Å². The van der Waals surface area contributed by atoms with Crippen molar-refractivity contribution in [2.45, 2.75) is 46.5 Å².